The van der Waals surface area contributed by atoms with Gasteiger partial charge < -0.3 is 0 Å². The molecule has 4 rings (SSSR count). The predicted octanol–water partition coefficient (Wildman–Crippen LogP) is 6.91. The Morgan fingerprint density at radius 3 is 2.24 bits per heavy atom. The Balaban J connectivity index is 1.50. The molecule has 1 aromatic heterocycles. The molecule has 1 N–H and O–H groups in total. The van der Waals surface area contributed by atoms with Crippen molar-refractivity contribution in [3.8, 4) is 17.1 Å². The summed E-state index contributed by atoms with van der Waals surface area (Å²) < 4.78 is 2.00. The maximum Gasteiger partial charge on any atom is 0.250 e. The third-order valence-electron chi connectivity index (χ3n) is 6.27. The SMILES string of the molecule is Cc1ccc(-n2c(SCC(=O)NN=Cc3ccc(C(C)C)cc3)nnc2-c2ccc(C(C)(C)C)cc2)cc1. The minimum absolute atomic E-state index is 0.0670. The third kappa shape index (κ3) is 6.78. The van der Waals surface area contributed by atoms with Gasteiger partial charge in [-0.1, -0.05) is 113 Å². The molecule has 0 fully saturated rings. The van der Waals surface area contributed by atoms with Crippen LogP contribution in [0.25, 0.3) is 17.1 Å². The highest BCUT2D eigenvalue weighted by molar-refractivity contribution is 7.99. The summed E-state index contributed by atoms with van der Waals surface area (Å²) in [7, 11) is 0. The first-order valence-electron chi connectivity index (χ1n) is 12.8. The van der Waals surface area contributed by atoms with Crippen molar-refractivity contribution in [2.24, 2.45) is 5.10 Å². The fourth-order valence-corrected chi connectivity index (χ4v) is 4.65. The minimum atomic E-state index is -0.209. The second-order valence-corrected chi connectivity index (χ2v) is 11.7. The second-order valence-electron chi connectivity index (χ2n) is 10.7. The zero-order chi connectivity index (χ0) is 27.3. The highest BCUT2D eigenvalue weighted by Gasteiger charge is 2.19. The molecule has 1 heterocycles. The molecule has 0 radical (unpaired) electrons. The average molecular weight is 526 g/mol. The molecule has 0 unspecified atom stereocenters. The van der Waals surface area contributed by atoms with Crippen molar-refractivity contribution in [1.82, 2.24) is 20.2 Å². The summed E-state index contributed by atoms with van der Waals surface area (Å²) in [4.78, 5) is 12.5. The van der Waals surface area contributed by atoms with Gasteiger partial charge in [0.1, 0.15) is 0 Å². The number of amides is 1. The van der Waals surface area contributed by atoms with Crippen molar-refractivity contribution in [3.63, 3.8) is 0 Å². The number of hydrogen-bond acceptors (Lipinski definition) is 5. The van der Waals surface area contributed by atoms with Gasteiger partial charge in [-0.2, -0.15) is 5.10 Å². The van der Waals surface area contributed by atoms with Crippen LogP contribution in [-0.2, 0) is 10.2 Å². The van der Waals surface area contributed by atoms with E-state index in [9.17, 15) is 4.79 Å². The maximum absolute atomic E-state index is 12.5. The van der Waals surface area contributed by atoms with E-state index in [0.29, 0.717) is 11.1 Å². The summed E-state index contributed by atoms with van der Waals surface area (Å²) in [5.41, 5.74) is 9.22. The van der Waals surface area contributed by atoms with Crippen molar-refractivity contribution in [3.05, 3.63) is 95.1 Å². The molecular formula is C31H35N5OS. The number of thioether (sulfide) groups is 1. The Labute approximate surface area is 229 Å². The molecule has 0 saturated heterocycles. The van der Waals surface area contributed by atoms with E-state index in [0.717, 1.165) is 22.6 Å². The van der Waals surface area contributed by atoms with Gasteiger partial charge in [0.15, 0.2) is 11.0 Å². The molecule has 0 bridgehead atoms. The summed E-state index contributed by atoms with van der Waals surface area (Å²) in [5, 5.41) is 13.7. The van der Waals surface area contributed by atoms with Crippen LogP contribution >= 0.6 is 11.8 Å². The van der Waals surface area contributed by atoms with Crippen LogP contribution in [0.4, 0.5) is 0 Å². The second kappa shape index (κ2) is 11.8. The van der Waals surface area contributed by atoms with Crippen LogP contribution in [0.15, 0.2) is 83.1 Å². The lowest BCUT2D eigenvalue weighted by molar-refractivity contribution is -0.118. The normalized spacial score (nSPS) is 11.9. The monoisotopic (exact) mass is 525 g/mol. The smallest absolute Gasteiger partial charge is 0.250 e. The van der Waals surface area contributed by atoms with Crippen LogP contribution in [0.3, 0.4) is 0 Å². The highest BCUT2D eigenvalue weighted by Crippen LogP contribution is 2.30. The lowest BCUT2D eigenvalue weighted by Gasteiger charge is -2.19. The van der Waals surface area contributed by atoms with E-state index in [-0.39, 0.29) is 17.1 Å². The Kier molecular flexibility index (Phi) is 8.47. The molecule has 4 aromatic rings. The van der Waals surface area contributed by atoms with Gasteiger partial charge in [0.25, 0.3) is 5.91 Å². The number of aromatic nitrogens is 3. The Morgan fingerprint density at radius 2 is 1.63 bits per heavy atom. The molecule has 0 aliphatic carbocycles. The molecule has 0 aliphatic heterocycles. The Bertz CT molecular complexity index is 1400. The van der Waals surface area contributed by atoms with Gasteiger partial charge in [-0.25, -0.2) is 5.43 Å². The predicted molar refractivity (Wildman–Crippen MR) is 157 cm³/mol. The van der Waals surface area contributed by atoms with Crippen molar-refractivity contribution in [2.45, 2.75) is 58.0 Å². The third-order valence-corrected chi connectivity index (χ3v) is 7.20. The molecule has 0 saturated carbocycles. The van der Waals surface area contributed by atoms with E-state index >= 15 is 0 Å². The molecule has 1 amide bonds. The van der Waals surface area contributed by atoms with Gasteiger partial charge in [0.2, 0.25) is 0 Å². The van der Waals surface area contributed by atoms with Gasteiger partial charge in [-0.3, -0.25) is 9.36 Å². The largest absolute Gasteiger partial charge is 0.272 e. The molecule has 38 heavy (non-hydrogen) atoms. The first kappa shape index (κ1) is 27.3. The van der Waals surface area contributed by atoms with E-state index in [1.54, 1.807) is 6.21 Å². The molecule has 0 spiro atoms. The Hall–Kier alpha value is -3.71. The van der Waals surface area contributed by atoms with Crippen molar-refractivity contribution >= 4 is 23.9 Å². The van der Waals surface area contributed by atoms with Gasteiger partial charge in [0, 0.05) is 11.3 Å². The quantitative estimate of drug-likeness (QED) is 0.154. The van der Waals surface area contributed by atoms with Crippen molar-refractivity contribution < 1.29 is 4.79 Å². The summed E-state index contributed by atoms with van der Waals surface area (Å²) in [6.45, 7) is 13.0. The number of nitrogens with zero attached hydrogens (tertiary/aromatic N) is 4. The van der Waals surface area contributed by atoms with Gasteiger partial charge >= 0.3 is 0 Å². The minimum Gasteiger partial charge on any atom is -0.272 e. The van der Waals surface area contributed by atoms with E-state index in [1.807, 2.05) is 28.8 Å². The van der Waals surface area contributed by atoms with E-state index in [1.165, 1.54) is 28.5 Å². The number of hydrogen-bond donors (Lipinski definition) is 1. The lowest BCUT2D eigenvalue weighted by atomic mass is 9.87. The van der Waals surface area contributed by atoms with Gasteiger partial charge in [-0.15, -0.1) is 10.2 Å². The molecule has 0 aliphatic rings. The van der Waals surface area contributed by atoms with Crippen LogP contribution in [0.2, 0.25) is 0 Å². The summed E-state index contributed by atoms with van der Waals surface area (Å²) in [6, 6.07) is 24.8. The summed E-state index contributed by atoms with van der Waals surface area (Å²) >= 11 is 1.33. The van der Waals surface area contributed by atoms with Crippen LogP contribution in [-0.4, -0.2) is 32.6 Å². The van der Waals surface area contributed by atoms with Crippen LogP contribution < -0.4 is 5.43 Å². The lowest BCUT2D eigenvalue weighted by Crippen LogP contribution is -2.20. The number of aryl methyl sites for hydroxylation is 1. The first-order valence-corrected chi connectivity index (χ1v) is 13.8. The highest BCUT2D eigenvalue weighted by atomic mass is 32.2. The van der Waals surface area contributed by atoms with Crippen molar-refractivity contribution in [2.75, 3.05) is 5.75 Å². The van der Waals surface area contributed by atoms with Gasteiger partial charge in [0.05, 0.1) is 12.0 Å². The van der Waals surface area contributed by atoms with E-state index in [4.69, 9.17) is 0 Å². The average Bonchev–Trinajstić information content (AvgIpc) is 3.32. The molecule has 0 atom stereocenters. The fourth-order valence-electron chi connectivity index (χ4n) is 3.90. The molecule has 196 valence electrons. The van der Waals surface area contributed by atoms with Crippen LogP contribution in [0, 0.1) is 6.92 Å². The summed E-state index contributed by atoms with van der Waals surface area (Å²) in [6.07, 6.45) is 1.65. The van der Waals surface area contributed by atoms with Crippen molar-refractivity contribution in [1.29, 1.82) is 0 Å². The number of rotatable bonds is 8. The number of nitrogens with one attached hydrogen (secondary N) is 1. The summed E-state index contributed by atoms with van der Waals surface area (Å²) in [5.74, 6) is 1.17. The first-order chi connectivity index (χ1) is 18.1. The standard InChI is InChI=1S/C31H35N5OS/c1-21(2)24-11-9-23(10-12-24)19-32-33-28(37)20-38-30-35-34-29(36(30)27-17-7-22(3)8-18-27)25-13-15-26(16-14-25)31(4,5)6/h7-19,21H,20H2,1-6H3,(H,33,37). The number of carbonyl (C=O) groups excluding carboxylic acids is 1. The van der Waals surface area contributed by atoms with Gasteiger partial charge in [-0.05, 0) is 47.1 Å². The molecular weight excluding hydrogens is 490 g/mol. The zero-order valence-electron chi connectivity index (χ0n) is 22.9. The van der Waals surface area contributed by atoms with Crippen LogP contribution in [0.5, 0.6) is 0 Å². The topological polar surface area (TPSA) is 72.2 Å². The zero-order valence-corrected chi connectivity index (χ0v) is 23.7. The fraction of sp³-hybridized carbons (Fsp3) is 0.290. The maximum atomic E-state index is 12.5. The Morgan fingerprint density at radius 1 is 0.974 bits per heavy atom. The molecule has 3 aromatic carbocycles. The molecule has 7 heteroatoms. The van der Waals surface area contributed by atoms with E-state index < -0.39 is 0 Å². The molecule has 6 nitrogen and oxygen atoms in total. The van der Waals surface area contributed by atoms with E-state index in [2.05, 4.69) is 111 Å². The number of carbonyl (C=O) groups is 1. The number of hydrazone groups is 1. The number of benzene rings is 3. The van der Waals surface area contributed by atoms with Crippen LogP contribution in [0.1, 0.15) is 62.8 Å².